The summed E-state index contributed by atoms with van der Waals surface area (Å²) in [5, 5.41) is 3.63. The molecule has 1 aliphatic rings. The van der Waals surface area contributed by atoms with Crippen molar-refractivity contribution in [3.05, 3.63) is 34.9 Å². The second-order valence-corrected chi connectivity index (χ2v) is 5.71. The normalized spacial score (nSPS) is 19.5. The first-order chi connectivity index (χ1) is 8.50. The molecule has 2 rings (SSSR count). The summed E-state index contributed by atoms with van der Waals surface area (Å²) in [5.74, 6) is -0.0762. The van der Waals surface area contributed by atoms with Crippen LogP contribution in [0.5, 0.6) is 0 Å². The number of carbonyl (C=O) groups excluding carboxylic acids is 1. The van der Waals surface area contributed by atoms with Gasteiger partial charge in [0.05, 0.1) is 10.6 Å². The summed E-state index contributed by atoms with van der Waals surface area (Å²) < 4.78 is 0. The van der Waals surface area contributed by atoms with E-state index in [9.17, 15) is 4.79 Å². The molecule has 1 heterocycles. The zero-order valence-electron chi connectivity index (χ0n) is 10.9. The summed E-state index contributed by atoms with van der Waals surface area (Å²) in [4.78, 5) is 14.5. The number of hydrogen-bond acceptors (Lipinski definition) is 2. The number of rotatable bonds is 2. The molecule has 1 aliphatic heterocycles. The van der Waals surface area contributed by atoms with Crippen molar-refractivity contribution in [3.8, 4) is 0 Å². The maximum absolute atomic E-state index is 12.2. The molecule has 18 heavy (non-hydrogen) atoms. The average Bonchev–Trinajstić information content (AvgIpc) is 2.34. The number of carbonyl (C=O) groups is 1. The zero-order valence-corrected chi connectivity index (χ0v) is 11.6. The fourth-order valence-corrected chi connectivity index (χ4v) is 2.45. The molecule has 1 N–H and O–H groups in total. The van der Waals surface area contributed by atoms with Crippen LogP contribution in [0, 0.1) is 0 Å². The van der Waals surface area contributed by atoms with Gasteiger partial charge in [-0.2, -0.15) is 0 Å². The molecule has 3 nitrogen and oxygen atoms in total. The number of nitrogens with one attached hydrogen (secondary N) is 1. The van der Waals surface area contributed by atoms with Crippen LogP contribution in [0.3, 0.4) is 0 Å². The fourth-order valence-electron chi connectivity index (χ4n) is 2.22. The van der Waals surface area contributed by atoms with Crippen molar-refractivity contribution in [3.63, 3.8) is 0 Å². The highest BCUT2D eigenvalue weighted by molar-refractivity contribution is 6.33. The first-order valence-electron chi connectivity index (χ1n) is 6.26. The van der Waals surface area contributed by atoms with Crippen LogP contribution in [-0.4, -0.2) is 36.5 Å². The van der Waals surface area contributed by atoms with Gasteiger partial charge in [-0.25, -0.2) is 0 Å². The van der Waals surface area contributed by atoms with Gasteiger partial charge in [0.2, 0.25) is 0 Å². The molecule has 4 heteroatoms. The van der Waals surface area contributed by atoms with Gasteiger partial charge in [-0.15, -0.1) is 0 Å². The minimum absolute atomic E-state index is 0.0762. The van der Waals surface area contributed by atoms with E-state index in [0.717, 1.165) is 25.9 Å². The third-order valence-corrected chi connectivity index (χ3v) is 3.95. The van der Waals surface area contributed by atoms with Gasteiger partial charge in [-0.1, -0.05) is 23.7 Å². The zero-order chi connectivity index (χ0) is 13.2. The van der Waals surface area contributed by atoms with Gasteiger partial charge in [0.25, 0.3) is 5.91 Å². The quantitative estimate of drug-likeness (QED) is 0.892. The van der Waals surface area contributed by atoms with Crippen LogP contribution in [-0.2, 0) is 0 Å². The van der Waals surface area contributed by atoms with Crippen molar-refractivity contribution in [1.29, 1.82) is 0 Å². The Kier molecular flexibility index (Phi) is 3.93. The molecule has 0 spiro atoms. The van der Waals surface area contributed by atoms with Crippen molar-refractivity contribution in [2.75, 3.05) is 20.1 Å². The van der Waals surface area contributed by atoms with E-state index in [-0.39, 0.29) is 11.4 Å². The molecule has 0 aliphatic carbocycles. The maximum Gasteiger partial charge on any atom is 0.253 e. The summed E-state index contributed by atoms with van der Waals surface area (Å²) in [6, 6.07) is 7.16. The van der Waals surface area contributed by atoms with Crippen LogP contribution in [0.25, 0.3) is 0 Å². The number of piperidine rings is 1. The maximum atomic E-state index is 12.2. The number of nitrogens with zero attached hydrogens (tertiary/aromatic N) is 1. The van der Waals surface area contributed by atoms with Gasteiger partial charge >= 0.3 is 0 Å². The SMILES string of the molecule is CN1CCC(C)(NC(=O)c2ccccc2Cl)CC1. The molecule has 1 aromatic rings. The second-order valence-electron chi connectivity index (χ2n) is 5.30. The highest BCUT2D eigenvalue weighted by Crippen LogP contribution is 2.22. The number of halogens is 1. The van der Waals surface area contributed by atoms with E-state index in [1.807, 2.05) is 12.1 Å². The van der Waals surface area contributed by atoms with E-state index in [0.29, 0.717) is 10.6 Å². The molecule has 0 atom stereocenters. The van der Waals surface area contributed by atoms with Crippen LogP contribution >= 0.6 is 11.6 Å². The molecule has 1 fully saturated rings. The van der Waals surface area contributed by atoms with Gasteiger partial charge in [-0.3, -0.25) is 4.79 Å². The number of benzene rings is 1. The van der Waals surface area contributed by atoms with E-state index in [1.165, 1.54) is 0 Å². The molecule has 0 saturated carbocycles. The molecule has 0 radical (unpaired) electrons. The lowest BCUT2D eigenvalue weighted by Gasteiger charge is -2.38. The molecule has 98 valence electrons. The van der Waals surface area contributed by atoms with Gasteiger partial charge < -0.3 is 10.2 Å². The average molecular weight is 267 g/mol. The Balaban J connectivity index is 2.06. The first kappa shape index (κ1) is 13.4. The van der Waals surface area contributed by atoms with E-state index in [1.54, 1.807) is 12.1 Å². The molecular weight excluding hydrogens is 248 g/mol. The Morgan fingerprint density at radius 1 is 1.33 bits per heavy atom. The lowest BCUT2D eigenvalue weighted by Crippen LogP contribution is -2.52. The predicted octanol–water partition coefficient (Wildman–Crippen LogP) is 2.55. The molecular formula is C14H19ClN2O. The second kappa shape index (κ2) is 5.29. The molecule has 1 saturated heterocycles. The van der Waals surface area contributed by atoms with Crippen LogP contribution in [0.15, 0.2) is 24.3 Å². The fraction of sp³-hybridized carbons (Fsp3) is 0.500. The van der Waals surface area contributed by atoms with E-state index < -0.39 is 0 Å². The highest BCUT2D eigenvalue weighted by Gasteiger charge is 2.30. The number of hydrogen-bond donors (Lipinski definition) is 1. The molecule has 1 amide bonds. The predicted molar refractivity (Wildman–Crippen MR) is 74.1 cm³/mol. The number of likely N-dealkylation sites (tertiary alicyclic amines) is 1. The van der Waals surface area contributed by atoms with Crippen molar-refractivity contribution >= 4 is 17.5 Å². The van der Waals surface area contributed by atoms with Crippen LogP contribution in [0.2, 0.25) is 5.02 Å². The minimum Gasteiger partial charge on any atom is -0.347 e. The summed E-state index contributed by atoms with van der Waals surface area (Å²) in [7, 11) is 2.11. The summed E-state index contributed by atoms with van der Waals surface area (Å²) >= 11 is 6.04. The Labute approximate surface area is 113 Å². The monoisotopic (exact) mass is 266 g/mol. The van der Waals surface area contributed by atoms with Gasteiger partial charge in [0.15, 0.2) is 0 Å². The van der Waals surface area contributed by atoms with Gasteiger partial charge in [-0.05, 0) is 38.9 Å². The third-order valence-electron chi connectivity index (χ3n) is 3.62. The van der Waals surface area contributed by atoms with E-state index in [2.05, 4.69) is 24.2 Å². The third kappa shape index (κ3) is 3.03. The van der Waals surface area contributed by atoms with E-state index >= 15 is 0 Å². The first-order valence-corrected chi connectivity index (χ1v) is 6.64. The van der Waals surface area contributed by atoms with Crippen molar-refractivity contribution in [2.24, 2.45) is 0 Å². The topological polar surface area (TPSA) is 32.3 Å². The Hall–Kier alpha value is -1.06. The van der Waals surface area contributed by atoms with Crippen molar-refractivity contribution in [2.45, 2.75) is 25.3 Å². The smallest absolute Gasteiger partial charge is 0.253 e. The lowest BCUT2D eigenvalue weighted by molar-refractivity contribution is 0.0852. The van der Waals surface area contributed by atoms with Gasteiger partial charge in [0.1, 0.15) is 0 Å². The molecule has 1 aromatic carbocycles. The molecule has 0 unspecified atom stereocenters. The molecule has 0 bridgehead atoms. The Bertz CT molecular complexity index is 439. The summed E-state index contributed by atoms with van der Waals surface area (Å²) in [5.41, 5.74) is 0.433. The van der Waals surface area contributed by atoms with Crippen LogP contribution in [0.4, 0.5) is 0 Å². The largest absolute Gasteiger partial charge is 0.347 e. The Morgan fingerprint density at radius 3 is 2.56 bits per heavy atom. The van der Waals surface area contributed by atoms with Crippen molar-refractivity contribution < 1.29 is 4.79 Å². The standard InChI is InChI=1S/C14H19ClN2O/c1-14(7-9-17(2)10-8-14)16-13(18)11-5-3-4-6-12(11)15/h3-6H,7-10H2,1-2H3,(H,16,18). The van der Waals surface area contributed by atoms with E-state index in [4.69, 9.17) is 11.6 Å². The van der Waals surface area contributed by atoms with Gasteiger partial charge in [0, 0.05) is 18.6 Å². The highest BCUT2D eigenvalue weighted by atomic mass is 35.5. The Morgan fingerprint density at radius 2 is 1.94 bits per heavy atom. The lowest BCUT2D eigenvalue weighted by atomic mass is 9.89. The number of amides is 1. The molecule has 0 aromatic heterocycles. The summed E-state index contributed by atoms with van der Waals surface area (Å²) in [6.45, 7) is 4.13. The van der Waals surface area contributed by atoms with Crippen LogP contribution in [0.1, 0.15) is 30.1 Å². The minimum atomic E-state index is -0.122. The van der Waals surface area contributed by atoms with Crippen LogP contribution < -0.4 is 5.32 Å². The summed E-state index contributed by atoms with van der Waals surface area (Å²) in [6.07, 6.45) is 1.94. The van der Waals surface area contributed by atoms with Crippen molar-refractivity contribution in [1.82, 2.24) is 10.2 Å².